The van der Waals surface area contributed by atoms with Gasteiger partial charge in [0.25, 0.3) is 0 Å². The molecule has 94 valence electrons. The predicted molar refractivity (Wildman–Crippen MR) is 68.4 cm³/mol. The number of hydrogen-bond donors (Lipinski definition) is 1. The fourth-order valence-electron chi connectivity index (χ4n) is 2.43. The van der Waals surface area contributed by atoms with Crippen LogP contribution in [0.5, 0.6) is 5.75 Å². The average Bonchev–Trinajstić information content (AvgIpc) is 2.59. The minimum atomic E-state index is -0.263. The summed E-state index contributed by atoms with van der Waals surface area (Å²) < 4.78 is 11.0. The molecule has 1 aromatic carbocycles. The molecule has 0 amide bonds. The fraction of sp³-hybridized carbons (Fsp3) is 0.571. The molecule has 2 rings (SSSR count). The maximum atomic E-state index is 6.43. The standard InChI is InChI=1S/C14H21NO2/c1-10-4-5-13(16-3)12(8-10)9-14(15)6-7-17-11(14)2/h4-5,8,11H,6-7,9,15H2,1-3H3. The van der Waals surface area contributed by atoms with Gasteiger partial charge in [0.1, 0.15) is 5.75 Å². The van der Waals surface area contributed by atoms with E-state index in [0.717, 1.165) is 25.2 Å². The second-order valence-corrected chi connectivity index (χ2v) is 4.99. The Balaban J connectivity index is 2.25. The highest BCUT2D eigenvalue weighted by molar-refractivity contribution is 5.38. The van der Waals surface area contributed by atoms with Crippen LogP contribution >= 0.6 is 0 Å². The van der Waals surface area contributed by atoms with Crippen molar-refractivity contribution in [2.24, 2.45) is 5.73 Å². The van der Waals surface area contributed by atoms with Gasteiger partial charge in [-0.3, -0.25) is 0 Å². The Morgan fingerprint density at radius 3 is 2.88 bits per heavy atom. The summed E-state index contributed by atoms with van der Waals surface area (Å²) in [5.74, 6) is 0.916. The minimum Gasteiger partial charge on any atom is -0.496 e. The normalized spacial score (nSPS) is 28.4. The predicted octanol–water partition coefficient (Wildman–Crippen LogP) is 2.05. The van der Waals surface area contributed by atoms with Crippen LogP contribution in [0.3, 0.4) is 0 Å². The van der Waals surface area contributed by atoms with Crippen molar-refractivity contribution in [3.05, 3.63) is 29.3 Å². The largest absolute Gasteiger partial charge is 0.496 e. The zero-order valence-corrected chi connectivity index (χ0v) is 10.8. The van der Waals surface area contributed by atoms with E-state index in [-0.39, 0.29) is 11.6 Å². The summed E-state index contributed by atoms with van der Waals surface area (Å²) in [6.07, 6.45) is 1.82. The molecule has 0 spiro atoms. The van der Waals surface area contributed by atoms with Crippen LogP contribution < -0.4 is 10.5 Å². The molecular weight excluding hydrogens is 214 g/mol. The Hall–Kier alpha value is -1.06. The highest BCUT2D eigenvalue weighted by atomic mass is 16.5. The molecule has 1 fully saturated rings. The number of aryl methyl sites for hydroxylation is 1. The Kier molecular flexibility index (Phi) is 3.40. The number of rotatable bonds is 3. The molecule has 1 saturated heterocycles. The molecule has 0 saturated carbocycles. The van der Waals surface area contributed by atoms with E-state index in [2.05, 4.69) is 26.0 Å². The van der Waals surface area contributed by atoms with Gasteiger partial charge >= 0.3 is 0 Å². The third-order valence-corrected chi connectivity index (χ3v) is 3.70. The van der Waals surface area contributed by atoms with Gasteiger partial charge in [0.2, 0.25) is 0 Å². The summed E-state index contributed by atoms with van der Waals surface area (Å²) in [6, 6.07) is 6.22. The van der Waals surface area contributed by atoms with E-state index in [9.17, 15) is 0 Å². The van der Waals surface area contributed by atoms with Gasteiger partial charge in [0.15, 0.2) is 0 Å². The highest BCUT2D eigenvalue weighted by Crippen LogP contribution is 2.31. The zero-order valence-electron chi connectivity index (χ0n) is 10.8. The van der Waals surface area contributed by atoms with Gasteiger partial charge in [-0.1, -0.05) is 17.7 Å². The van der Waals surface area contributed by atoms with Crippen molar-refractivity contribution in [3.8, 4) is 5.75 Å². The van der Waals surface area contributed by atoms with Gasteiger partial charge in [-0.2, -0.15) is 0 Å². The molecular formula is C14H21NO2. The van der Waals surface area contributed by atoms with E-state index < -0.39 is 0 Å². The molecule has 1 heterocycles. The van der Waals surface area contributed by atoms with Crippen molar-refractivity contribution in [1.29, 1.82) is 0 Å². The van der Waals surface area contributed by atoms with Crippen LogP contribution in [0.1, 0.15) is 24.5 Å². The SMILES string of the molecule is COc1ccc(C)cc1CC1(N)CCOC1C. The Morgan fingerprint density at radius 1 is 1.53 bits per heavy atom. The first-order valence-corrected chi connectivity index (χ1v) is 6.09. The van der Waals surface area contributed by atoms with Crippen molar-refractivity contribution >= 4 is 0 Å². The molecule has 0 aliphatic carbocycles. The Labute approximate surface area is 103 Å². The van der Waals surface area contributed by atoms with Crippen LogP contribution in [0.25, 0.3) is 0 Å². The molecule has 3 nitrogen and oxygen atoms in total. The van der Waals surface area contributed by atoms with E-state index >= 15 is 0 Å². The molecule has 1 aromatic rings. The third-order valence-electron chi connectivity index (χ3n) is 3.70. The molecule has 0 aromatic heterocycles. The van der Waals surface area contributed by atoms with Crippen molar-refractivity contribution in [1.82, 2.24) is 0 Å². The van der Waals surface area contributed by atoms with Crippen molar-refractivity contribution in [2.75, 3.05) is 13.7 Å². The lowest BCUT2D eigenvalue weighted by Crippen LogP contribution is -2.48. The second kappa shape index (κ2) is 4.67. The summed E-state index contributed by atoms with van der Waals surface area (Å²) in [7, 11) is 1.70. The summed E-state index contributed by atoms with van der Waals surface area (Å²) in [5, 5.41) is 0. The summed E-state index contributed by atoms with van der Waals surface area (Å²) in [6.45, 7) is 4.89. The van der Waals surface area contributed by atoms with E-state index in [1.54, 1.807) is 7.11 Å². The third kappa shape index (κ3) is 2.45. The maximum Gasteiger partial charge on any atom is 0.122 e. The van der Waals surface area contributed by atoms with Crippen molar-refractivity contribution in [3.63, 3.8) is 0 Å². The number of hydrogen-bond acceptors (Lipinski definition) is 3. The van der Waals surface area contributed by atoms with Crippen LogP contribution in [-0.4, -0.2) is 25.4 Å². The topological polar surface area (TPSA) is 44.5 Å². The molecule has 3 heteroatoms. The highest BCUT2D eigenvalue weighted by Gasteiger charge is 2.38. The van der Waals surface area contributed by atoms with Gasteiger partial charge in [-0.15, -0.1) is 0 Å². The first kappa shape index (κ1) is 12.4. The zero-order chi connectivity index (χ0) is 12.5. The van der Waals surface area contributed by atoms with E-state index in [1.807, 2.05) is 6.07 Å². The smallest absolute Gasteiger partial charge is 0.122 e. The minimum absolute atomic E-state index is 0.104. The lowest BCUT2D eigenvalue weighted by molar-refractivity contribution is 0.0953. The maximum absolute atomic E-state index is 6.43. The van der Waals surface area contributed by atoms with E-state index in [0.29, 0.717) is 0 Å². The average molecular weight is 235 g/mol. The van der Waals surface area contributed by atoms with Crippen LogP contribution in [-0.2, 0) is 11.2 Å². The van der Waals surface area contributed by atoms with E-state index in [1.165, 1.54) is 11.1 Å². The number of methoxy groups -OCH3 is 1. The van der Waals surface area contributed by atoms with Crippen LogP contribution in [0.2, 0.25) is 0 Å². The van der Waals surface area contributed by atoms with Gasteiger partial charge in [-0.05, 0) is 38.3 Å². The molecule has 17 heavy (non-hydrogen) atoms. The summed E-state index contributed by atoms with van der Waals surface area (Å²) in [4.78, 5) is 0. The Morgan fingerprint density at radius 2 is 2.29 bits per heavy atom. The van der Waals surface area contributed by atoms with Crippen LogP contribution in [0.4, 0.5) is 0 Å². The van der Waals surface area contributed by atoms with Crippen molar-refractivity contribution < 1.29 is 9.47 Å². The van der Waals surface area contributed by atoms with Crippen LogP contribution in [0.15, 0.2) is 18.2 Å². The number of benzene rings is 1. The quantitative estimate of drug-likeness (QED) is 0.872. The first-order chi connectivity index (χ1) is 8.05. The van der Waals surface area contributed by atoms with Crippen LogP contribution in [0, 0.1) is 6.92 Å². The molecule has 1 aliphatic heterocycles. The molecule has 2 unspecified atom stereocenters. The fourth-order valence-corrected chi connectivity index (χ4v) is 2.43. The van der Waals surface area contributed by atoms with Gasteiger partial charge in [0, 0.05) is 12.1 Å². The monoisotopic (exact) mass is 235 g/mol. The van der Waals surface area contributed by atoms with Gasteiger partial charge in [-0.25, -0.2) is 0 Å². The lowest BCUT2D eigenvalue weighted by Gasteiger charge is -2.28. The Bertz CT molecular complexity index is 405. The molecule has 1 aliphatic rings. The second-order valence-electron chi connectivity index (χ2n) is 4.99. The number of nitrogens with two attached hydrogens (primary N) is 1. The van der Waals surface area contributed by atoms with Gasteiger partial charge in [0.05, 0.1) is 13.2 Å². The number of ether oxygens (including phenoxy) is 2. The molecule has 2 atom stereocenters. The first-order valence-electron chi connectivity index (χ1n) is 6.09. The summed E-state index contributed by atoms with van der Waals surface area (Å²) in [5.41, 5.74) is 8.57. The van der Waals surface area contributed by atoms with Gasteiger partial charge < -0.3 is 15.2 Å². The molecule has 0 radical (unpaired) electrons. The summed E-state index contributed by atoms with van der Waals surface area (Å²) >= 11 is 0. The molecule has 0 bridgehead atoms. The van der Waals surface area contributed by atoms with E-state index in [4.69, 9.17) is 15.2 Å². The van der Waals surface area contributed by atoms with Crippen molar-refractivity contribution in [2.45, 2.75) is 38.3 Å². The molecule has 2 N–H and O–H groups in total. The lowest BCUT2D eigenvalue weighted by atomic mass is 9.85.